The number of hydrogen-bond donors (Lipinski definition) is 1. The Balaban J connectivity index is 2.98. The van der Waals surface area contributed by atoms with Gasteiger partial charge in [-0.1, -0.05) is 13.8 Å². The van der Waals surface area contributed by atoms with E-state index in [2.05, 4.69) is 39.9 Å². The van der Waals surface area contributed by atoms with Crippen molar-refractivity contribution in [1.29, 1.82) is 0 Å². The van der Waals surface area contributed by atoms with E-state index in [9.17, 15) is 0 Å². The summed E-state index contributed by atoms with van der Waals surface area (Å²) < 4.78 is 0. The molecule has 0 aromatic carbocycles. The van der Waals surface area contributed by atoms with Crippen molar-refractivity contribution in [3.05, 3.63) is 17.0 Å². The average Bonchev–Trinajstić information content (AvgIpc) is 2.36. The van der Waals surface area contributed by atoms with Crippen molar-refractivity contribution in [3.63, 3.8) is 0 Å². The van der Waals surface area contributed by atoms with Crippen molar-refractivity contribution in [2.45, 2.75) is 59.4 Å². The Morgan fingerprint density at radius 3 is 1.85 bits per heavy atom. The fraction of sp³-hybridized carbons (Fsp3) is 0.750. The van der Waals surface area contributed by atoms with E-state index in [1.54, 1.807) is 0 Å². The predicted molar refractivity (Wildman–Crippen MR) is 86.6 cm³/mol. The van der Waals surface area contributed by atoms with E-state index in [-0.39, 0.29) is 5.54 Å². The van der Waals surface area contributed by atoms with Crippen LogP contribution in [-0.4, -0.2) is 36.1 Å². The van der Waals surface area contributed by atoms with Crippen molar-refractivity contribution in [2.75, 3.05) is 25.5 Å². The predicted octanol–water partition coefficient (Wildman–Crippen LogP) is 2.60. The van der Waals surface area contributed by atoms with Gasteiger partial charge in [-0.2, -0.15) is 0 Å². The largest absolute Gasteiger partial charge is 0.347 e. The zero-order valence-corrected chi connectivity index (χ0v) is 14.2. The highest BCUT2D eigenvalue weighted by Gasteiger charge is 2.14. The lowest BCUT2D eigenvalue weighted by Gasteiger charge is -2.22. The molecule has 0 saturated carbocycles. The molecular weight excluding hydrogens is 248 g/mol. The summed E-state index contributed by atoms with van der Waals surface area (Å²) in [4.78, 5) is 11.4. The number of aromatic nitrogens is 2. The first-order chi connectivity index (χ1) is 9.28. The first kappa shape index (κ1) is 16.9. The van der Waals surface area contributed by atoms with Gasteiger partial charge in [0, 0.05) is 31.0 Å². The van der Waals surface area contributed by atoms with Crippen molar-refractivity contribution in [3.8, 4) is 0 Å². The highest BCUT2D eigenvalue weighted by Crippen LogP contribution is 2.17. The van der Waals surface area contributed by atoms with Crippen LogP contribution in [-0.2, 0) is 19.3 Å². The monoisotopic (exact) mass is 278 g/mol. The Labute approximate surface area is 124 Å². The first-order valence-electron chi connectivity index (χ1n) is 7.59. The van der Waals surface area contributed by atoms with Crippen LogP contribution in [0.15, 0.2) is 0 Å². The maximum Gasteiger partial charge on any atom is 0.225 e. The lowest BCUT2D eigenvalue weighted by Crippen LogP contribution is -2.37. The maximum absolute atomic E-state index is 4.70. The topological polar surface area (TPSA) is 41.1 Å². The molecule has 0 fully saturated rings. The minimum atomic E-state index is 0.156. The fourth-order valence-corrected chi connectivity index (χ4v) is 2.20. The first-order valence-corrected chi connectivity index (χ1v) is 7.59. The second-order valence-electron chi connectivity index (χ2n) is 6.42. The Kier molecular flexibility index (Phi) is 5.93. The lowest BCUT2D eigenvalue weighted by molar-refractivity contribution is 0.428. The van der Waals surface area contributed by atoms with Gasteiger partial charge in [-0.15, -0.1) is 0 Å². The zero-order chi connectivity index (χ0) is 15.3. The Bertz CT molecular complexity index is 408. The van der Waals surface area contributed by atoms with Gasteiger partial charge in [-0.3, -0.25) is 0 Å². The van der Waals surface area contributed by atoms with Crippen LogP contribution in [0.1, 0.15) is 51.6 Å². The van der Waals surface area contributed by atoms with Crippen molar-refractivity contribution >= 4 is 5.95 Å². The normalized spacial score (nSPS) is 11.8. The van der Waals surface area contributed by atoms with Gasteiger partial charge in [0.15, 0.2) is 0 Å². The molecule has 4 nitrogen and oxygen atoms in total. The molecule has 0 atom stereocenters. The van der Waals surface area contributed by atoms with Crippen LogP contribution in [0.4, 0.5) is 5.95 Å². The molecule has 0 radical (unpaired) electrons. The van der Waals surface area contributed by atoms with Crippen molar-refractivity contribution < 1.29 is 0 Å². The van der Waals surface area contributed by atoms with Gasteiger partial charge in [-0.25, -0.2) is 9.97 Å². The van der Waals surface area contributed by atoms with Gasteiger partial charge in [0.2, 0.25) is 5.95 Å². The molecule has 20 heavy (non-hydrogen) atoms. The van der Waals surface area contributed by atoms with Crippen LogP contribution >= 0.6 is 0 Å². The Morgan fingerprint density at radius 1 is 1.00 bits per heavy atom. The molecule has 114 valence electrons. The quantitative estimate of drug-likeness (QED) is 0.868. The molecule has 0 aliphatic rings. The summed E-state index contributed by atoms with van der Waals surface area (Å²) in [7, 11) is 3.99. The summed E-state index contributed by atoms with van der Waals surface area (Å²) in [6.45, 7) is 11.9. The highest BCUT2D eigenvalue weighted by molar-refractivity contribution is 5.36. The molecule has 1 aromatic heterocycles. The van der Waals surface area contributed by atoms with Crippen LogP contribution in [0, 0.1) is 0 Å². The second kappa shape index (κ2) is 7.02. The molecule has 0 bridgehead atoms. The van der Waals surface area contributed by atoms with Crippen LogP contribution < -0.4 is 10.2 Å². The molecule has 0 amide bonds. The average molecular weight is 278 g/mol. The smallest absolute Gasteiger partial charge is 0.225 e. The molecule has 0 saturated heterocycles. The van der Waals surface area contributed by atoms with Gasteiger partial charge in [0.25, 0.3) is 0 Å². The molecule has 4 heteroatoms. The number of nitrogens with zero attached hydrogens (tertiary/aromatic N) is 3. The summed E-state index contributed by atoms with van der Waals surface area (Å²) >= 11 is 0. The standard InChI is InChI=1S/C16H30N4/c1-8-13-12(10-11-17-16(3,4)5)14(9-2)19-15(18-13)20(6)7/h17H,8-11H2,1-7H3. The third-order valence-corrected chi connectivity index (χ3v) is 3.27. The third kappa shape index (κ3) is 4.75. The summed E-state index contributed by atoms with van der Waals surface area (Å²) in [5, 5.41) is 3.54. The summed E-state index contributed by atoms with van der Waals surface area (Å²) in [6, 6.07) is 0. The third-order valence-electron chi connectivity index (χ3n) is 3.27. The fourth-order valence-electron chi connectivity index (χ4n) is 2.20. The van der Waals surface area contributed by atoms with E-state index in [1.807, 2.05) is 19.0 Å². The minimum absolute atomic E-state index is 0.156. The lowest BCUT2D eigenvalue weighted by atomic mass is 10.0. The minimum Gasteiger partial charge on any atom is -0.347 e. The van der Waals surface area contributed by atoms with Crippen molar-refractivity contribution in [1.82, 2.24) is 15.3 Å². The van der Waals surface area contributed by atoms with Crippen molar-refractivity contribution in [2.24, 2.45) is 0 Å². The van der Waals surface area contributed by atoms with E-state index < -0.39 is 0 Å². The summed E-state index contributed by atoms with van der Waals surface area (Å²) in [6.07, 6.45) is 2.92. The summed E-state index contributed by atoms with van der Waals surface area (Å²) in [5.74, 6) is 0.825. The SMILES string of the molecule is CCc1nc(N(C)C)nc(CC)c1CCNC(C)(C)C. The van der Waals surface area contributed by atoms with Gasteiger partial charge < -0.3 is 10.2 Å². The molecule has 0 unspecified atom stereocenters. The Morgan fingerprint density at radius 2 is 1.50 bits per heavy atom. The molecule has 1 heterocycles. The van der Waals surface area contributed by atoms with E-state index in [1.165, 1.54) is 17.0 Å². The van der Waals surface area contributed by atoms with Gasteiger partial charge in [0.1, 0.15) is 0 Å². The highest BCUT2D eigenvalue weighted by atomic mass is 15.2. The number of aryl methyl sites for hydroxylation is 2. The molecule has 0 spiro atoms. The molecule has 0 aliphatic heterocycles. The molecule has 1 N–H and O–H groups in total. The number of anilines is 1. The number of hydrogen-bond acceptors (Lipinski definition) is 4. The van der Waals surface area contributed by atoms with E-state index in [4.69, 9.17) is 9.97 Å². The molecular formula is C16H30N4. The van der Waals surface area contributed by atoms with Crippen LogP contribution in [0.3, 0.4) is 0 Å². The molecule has 1 aromatic rings. The second-order valence-corrected chi connectivity index (χ2v) is 6.42. The van der Waals surface area contributed by atoms with E-state index in [0.29, 0.717) is 0 Å². The van der Waals surface area contributed by atoms with Crippen LogP contribution in [0.2, 0.25) is 0 Å². The summed E-state index contributed by atoms with van der Waals surface area (Å²) in [5.41, 5.74) is 3.87. The van der Waals surface area contributed by atoms with Crippen LogP contribution in [0.5, 0.6) is 0 Å². The van der Waals surface area contributed by atoms with Crippen LogP contribution in [0.25, 0.3) is 0 Å². The maximum atomic E-state index is 4.70. The van der Waals surface area contributed by atoms with Gasteiger partial charge >= 0.3 is 0 Å². The van der Waals surface area contributed by atoms with E-state index in [0.717, 1.165) is 31.8 Å². The van der Waals surface area contributed by atoms with Gasteiger partial charge in [-0.05, 0) is 52.1 Å². The number of nitrogens with one attached hydrogen (secondary N) is 1. The molecule has 0 aliphatic carbocycles. The van der Waals surface area contributed by atoms with Gasteiger partial charge in [0.05, 0.1) is 0 Å². The zero-order valence-electron chi connectivity index (χ0n) is 14.2. The van der Waals surface area contributed by atoms with E-state index >= 15 is 0 Å². The Hall–Kier alpha value is -1.16. The number of rotatable bonds is 6. The molecule has 1 rings (SSSR count).